The second-order valence-electron chi connectivity index (χ2n) is 14.0. The first-order chi connectivity index (χ1) is 22.4. The number of nitrogens with zero attached hydrogens (tertiary/aromatic N) is 4. The first-order valence-electron chi connectivity index (χ1n) is 16.1. The lowest BCUT2D eigenvalue weighted by Crippen LogP contribution is -2.41. The van der Waals surface area contributed by atoms with E-state index in [0.717, 1.165) is 38.0 Å². The molecule has 0 atom stereocenters. The molecular formula is C37H40FN5O4. The number of aryl methyl sites for hydroxylation is 1. The van der Waals surface area contributed by atoms with Gasteiger partial charge < -0.3 is 29.0 Å². The minimum Gasteiger partial charge on any atom is -0.461 e. The van der Waals surface area contributed by atoms with Crippen LogP contribution in [0.5, 0.6) is 0 Å². The summed E-state index contributed by atoms with van der Waals surface area (Å²) in [7, 11) is 3.75. The number of pyridine rings is 1. The van der Waals surface area contributed by atoms with Crippen LogP contribution in [-0.4, -0.2) is 46.0 Å². The summed E-state index contributed by atoms with van der Waals surface area (Å²) in [6, 6.07) is 12.5. The number of benzene rings is 2. The lowest BCUT2D eigenvalue weighted by molar-refractivity contribution is -0.142. The van der Waals surface area contributed by atoms with Crippen LogP contribution in [0.4, 0.5) is 21.5 Å². The van der Waals surface area contributed by atoms with Crippen molar-refractivity contribution in [3.05, 3.63) is 98.5 Å². The van der Waals surface area contributed by atoms with E-state index in [2.05, 4.69) is 47.8 Å². The Morgan fingerprint density at radius 3 is 2.57 bits per heavy atom. The van der Waals surface area contributed by atoms with E-state index in [1.54, 1.807) is 24.2 Å². The van der Waals surface area contributed by atoms with Crippen molar-refractivity contribution >= 4 is 28.9 Å². The lowest BCUT2D eigenvalue weighted by atomic mass is 9.90. The third-order valence-electron chi connectivity index (χ3n) is 9.71. The van der Waals surface area contributed by atoms with Crippen LogP contribution in [0.2, 0.25) is 0 Å². The first-order valence-corrected chi connectivity index (χ1v) is 16.1. The Bertz CT molecular complexity index is 2010. The highest BCUT2D eigenvalue weighted by Crippen LogP contribution is 2.41. The Morgan fingerprint density at radius 1 is 0.979 bits per heavy atom. The summed E-state index contributed by atoms with van der Waals surface area (Å²) in [5.74, 6) is -1.25. The maximum Gasteiger partial charge on any atom is 0.302 e. The van der Waals surface area contributed by atoms with Crippen molar-refractivity contribution in [1.82, 2.24) is 14.0 Å². The van der Waals surface area contributed by atoms with Crippen molar-refractivity contribution in [2.45, 2.75) is 59.7 Å². The number of esters is 1. The average molecular weight is 638 g/mol. The molecule has 2 aromatic carbocycles. The SMILES string of the molecule is CC(=O)OCc1c(-c2cc(Nc3ccc4c(c3)CCN(C)C4)c(=O)n(C)c2)cc(F)cc1N1CCn2c(cc3c2CC(C)(C)C3)C1=O. The number of carbonyl (C=O) groups is 2. The molecule has 4 heterocycles. The van der Waals surface area contributed by atoms with Crippen molar-refractivity contribution in [3.63, 3.8) is 0 Å². The Kier molecular flexibility index (Phi) is 7.58. The molecule has 9 nitrogen and oxygen atoms in total. The molecule has 0 radical (unpaired) electrons. The second kappa shape index (κ2) is 11.5. The summed E-state index contributed by atoms with van der Waals surface area (Å²) in [6.45, 7) is 8.39. The minimum absolute atomic E-state index is 0.155. The molecule has 2 aromatic heterocycles. The third kappa shape index (κ3) is 5.75. The number of rotatable bonds is 6. The van der Waals surface area contributed by atoms with E-state index >= 15 is 4.39 Å². The molecule has 0 unspecified atom stereocenters. The fourth-order valence-electron chi connectivity index (χ4n) is 7.46. The molecule has 3 aliphatic rings. The van der Waals surface area contributed by atoms with Crippen molar-refractivity contribution in [1.29, 1.82) is 0 Å². The van der Waals surface area contributed by atoms with E-state index in [1.807, 2.05) is 12.1 Å². The number of anilines is 3. The number of likely N-dealkylation sites (N-methyl/N-ethyl adjacent to an activating group) is 1. The number of ether oxygens (including phenoxy) is 1. The number of hydrogen-bond acceptors (Lipinski definition) is 6. The van der Waals surface area contributed by atoms with Gasteiger partial charge in [-0.1, -0.05) is 19.9 Å². The maximum atomic E-state index is 15.6. The van der Waals surface area contributed by atoms with Crippen molar-refractivity contribution in [2.75, 3.05) is 30.4 Å². The van der Waals surface area contributed by atoms with Crippen LogP contribution >= 0.6 is 0 Å². The van der Waals surface area contributed by atoms with Crippen LogP contribution in [0.3, 0.4) is 0 Å². The third-order valence-corrected chi connectivity index (χ3v) is 9.71. The fraction of sp³-hybridized carbons (Fsp3) is 0.378. The predicted octanol–water partition coefficient (Wildman–Crippen LogP) is 5.57. The number of amides is 1. The molecule has 4 aromatic rings. The molecule has 0 bridgehead atoms. The summed E-state index contributed by atoms with van der Waals surface area (Å²) < 4.78 is 24.6. The number of nitrogens with one attached hydrogen (secondary N) is 1. The van der Waals surface area contributed by atoms with Crippen molar-refractivity contribution in [3.8, 4) is 11.1 Å². The molecule has 1 N–H and O–H groups in total. The van der Waals surface area contributed by atoms with Crippen LogP contribution in [-0.2, 0) is 55.5 Å². The molecule has 0 saturated heterocycles. The van der Waals surface area contributed by atoms with E-state index in [-0.39, 0.29) is 23.5 Å². The molecular weight excluding hydrogens is 597 g/mol. The first kappa shape index (κ1) is 30.9. The van der Waals surface area contributed by atoms with Gasteiger partial charge in [0, 0.05) is 68.9 Å². The van der Waals surface area contributed by atoms with Gasteiger partial charge in [-0.3, -0.25) is 14.4 Å². The normalized spacial score (nSPS) is 16.9. The highest BCUT2D eigenvalue weighted by molar-refractivity contribution is 6.07. The van der Waals surface area contributed by atoms with E-state index < -0.39 is 11.8 Å². The maximum absolute atomic E-state index is 15.6. The zero-order valence-electron chi connectivity index (χ0n) is 27.6. The minimum atomic E-state index is -0.539. The van der Waals surface area contributed by atoms with Gasteiger partial charge in [-0.2, -0.15) is 0 Å². The largest absolute Gasteiger partial charge is 0.461 e. The van der Waals surface area contributed by atoms with Gasteiger partial charge in [0.25, 0.3) is 11.5 Å². The van der Waals surface area contributed by atoms with E-state index in [9.17, 15) is 14.4 Å². The molecule has 1 amide bonds. The highest BCUT2D eigenvalue weighted by atomic mass is 19.1. The van der Waals surface area contributed by atoms with Gasteiger partial charge in [0.05, 0.1) is 5.69 Å². The molecule has 7 rings (SSSR count). The average Bonchev–Trinajstić information content (AvgIpc) is 3.50. The zero-order valence-corrected chi connectivity index (χ0v) is 27.6. The molecule has 1 aliphatic carbocycles. The summed E-state index contributed by atoms with van der Waals surface area (Å²) in [5, 5.41) is 3.30. The van der Waals surface area contributed by atoms with Crippen LogP contribution in [0, 0.1) is 11.2 Å². The smallest absolute Gasteiger partial charge is 0.302 e. The molecule has 0 saturated carbocycles. The summed E-state index contributed by atoms with van der Waals surface area (Å²) in [5.41, 5.74) is 8.34. The van der Waals surface area contributed by atoms with E-state index in [4.69, 9.17) is 4.74 Å². The van der Waals surface area contributed by atoms with Gasteiger partial charge in [-0.25, -0.2) is 4.39 Å². The second-order valence-corrected chi connectivity index (χ2v) is 14.0. The Hall–Kier alpha value is -4.70. The molecule has 10 heteroatoms. The van der Waals surface area contributed by atoms with E-state index in [0.29, 0.717) is 46.8 Å². The van der Waals surface area contributed by atoms with Gasteiger partial charge in [-0.05, 0) is 90.4 Å². The molecule has 2 aliphatic heterocycles. The van der Waals surface area contributed by atoms with Crippen LogP contribution < -0.4 is 15.8 Å². The quantitative estimate of drug-likeness (QED) is 0.278. The predicted molar refractivity (Wildman–Crippen MR) is 180 cm³/mol. The highest BCUT2D eigenvalue weighted by Gasteiger charge is 2.37. The number of carbonyl (C=O) groups excluding carboxylic acids is 2. The topological polar surface area (TPSA) is 88.8 Å². The summed E-state index contributed by atoms with van der Waals surface area (Å²) in [6.07, 6.45) is 4.37. The van der Waals surface area contributed by atoms with Gasteiger partial charge in [0.2, 0.25) is 0 Å². The fourth-order valence-corrected chi connectivity index (χ4v) is 7.46. The molecule has 244 valence electrons. The van der Waals surface area contributed by atoms with Crippen LogP contribution in [0.1, 0.15) is 59.2 Å². The van der Waals surface area contributed by atoms with Crippen LogP contribution in [0.15, 0.2) is 53.5 Å². The Labute approximate surface area is 273 Å². The Morgan fingerprint density at radius 2 is 1.79 bits per heavy atom. The molecule has 0 spiro atoms. The van der Waals surface area contributed by atoms with Gasteiger partial charge >= 0.3 is 5.97 Å². The summed E-state index contributed by atoms with van der Waals surface area (Å²) >= 11 is 0. The number of hydrogen-bond donors (Lipinski definition) is 1. The van der Waals surface area contributed by atoms with E-state index in [1.165, 1.54) is 46.0 Å². The van der Waals surface area contributed by atoms with Gasteiger partial charge in [-0.15, -0.1) is 0 Å². The van der Waals surface area contributed by atoms with Gasteiger partial charge in [0.15, 0.2) is 0 Å². The Balaban J connectivity index is 1.28. The number of halogens is 1. The lowest BCUT2D eigenvalue weighted by Gasteiger charge is -2.32. The van der Waals surface area contributed by atoms with Crippen molar-refractivity contribution in [2.24, 2.45) is 12.5 Å². The number of aromatic nitrogens is 2. The zero-order chi connectivity index (χ0) is 33.2. The van der Waals surface area contributed by atoms with Crippen molar-refractivity contribution < 1.29 is 18.7 Å². The monoisotopic (exact) mass is 637 g/mol. The molecule has 47 heavy (non-hydrogen) atoms. The number of fused-ring (bicyclic) bond motifs is 4. The van der Waals surface area contributed by atoms with Crippen LogP contribution in [0.25, 0.3) is 11.1 Å². The standard InChI is InChI=1S/C37H40FN5O4/c1-22(44)47-21-30-29(26-13-31(35(45)41(5)20-26)39-28-7-6-24-19-40(4)9-8-23(24)12-28)15-27(38)16-32(30)43-11-10-42-33(36(43)46)14-25-17-37(2,3)18-34(25)42/h6-7,12-16,20,39H,8-11,17-19,21H2,1-5H3. The van der Waals surface area contributed by atoms with Gasteiger partial charge in [0.1, 0.15) is 23.8 Å². The summed E-state index contributed by atoms with van der Waals surface area (Å²) in [4.78, 5) is 43.2. The molecule has 0 fully saturated rings.